The number of nitrogens with one attached hydrogen (secondary N) is 2. The minimum atomic E-state index is -0.144. The summed E-state index contributed by atoms with van der Waals surface area (Å²) in [6.07, 6.45) is 2.13. The molecule has 15 heavy (non-hydrogen) atoms. The number of hydrogen-bond acceptors (Lipinski definition) is 3. The van der Waals surface area contributed by atoms with Crippen LogP contribution in [-0.2, 0) is 0 Å². The van der Waals surface area contributed by atoms with E-state index in [1.165, 1.54) is 0 Å². The van der Waals surface area contributed by atoms with Crippen LogP contribution in [0.4, 0.5) is 0 Å². The van der Waals surface area contributed by atoms with Gasteiger partial charge in [-0.1, -0.05) is 0 Å². The number of amides is 1. The molecule has 4 nitrogen and oxygen atoms in total. The molecule has 1 amide bonds. The summed E-state index contributed by atoms with van der Waals surface area (Å²) in [5.74, 6) is 0.210. The van der Waals surface area contributed by atoms with Crippen molar-refractivity contribution in [2.75, 3.05) is 13.1 Å². The van der Waals surface area contributed by atoms with Crippen molar-refractivity contribution in [1.29, 1.82) is 0 Å². The van der Waals surface area contributed by atoms with E-state index in [1.807, 2.05) is 0 Å². The van der Waals surface area contributed by atoms with Gasteiger partial charge in [-0.05, 0) is 47.4 Å². The van der Waals surface area contributed by atoms with Crippen molar-refractivity contribution in [2.45, 2.75) is 18.9 Å². The Morgan fingerprint density at radius 1 is 1.60 bits per heavy atom. The molecule has 0 unspecified atom stereocenters. The average molecular weight is 273 g/mol. The summed E-state index contributed by atoms with van der Waals surface area (Å²) in [6.45, 7) is 1.88. The molecule has 2 heterocycles. The molecule has 1 saturated heterocycles. The van der Waals surface area contributed by atoms with Crippen LogP contribution in [0.2, 0.25) is 0 Å². The molecule has 2 N–H and O–H groups in total. The number of rotatable bonds is 2. The van der Waals surface area contributed by atoms with E-state index in [-0.39, 0.29) is 11.9 Å². The topological polar surface area (TPSA) is 54.3 Å². The van der Waals surface area contributed by atoms with Gasteiger partial charge >= 0.3 is 0 Å². The second-order valence-electron chi connectivity index (χ2n) is 3.62. The van der Waals surface area contributed by atoms with Gasteiger partial charge in [0.25, 0.3) is 5.91 Å². The van der Waals surface area contributed by atoms with Crippen molar-refractivity contribution in [2.24, 2.45) is 0 Å². The lowest BCUT2D eigenvalue weighted by Crippen LogP contribution is -2.45. The van der Waals surface area contributed by atoms with Crippen LogP contribution in [0.5, 0.6) is 0 Å². The fourth-order valence-corrected chi connectivity index (χ4v) is 1.97. The van der Waals surface area contributed by atoms with Crippen LogP contribution in [0.1, 0.15) is 23.4 Å². The Balaban J connectivity index is 1.91. The second kappa shape index (κ2) is 4.81. The molecular weight excluding hydrogens is 260 g/mol. The highest BCUT2D eigenvalue weighted by molar-refractivity contribution is 9.10. The van der Waals surface area contributed by atoms with Gasteiger partial charge in [-0.2, -0.15) is 0 Å². The summed E-state index contributed by atoms with van der Waals surface area (Å²) in [5.41, 5.74) is 0. The first kappa shape index (κ1) is 10.7. The molecule has 0 bridgehead atoms. The van der Waals surface area contributed by atoms with Crippen LogP contribution >= 0.6 is 15.9 Å². The van der Waals surface area contributed by atoms with E-state index in [1.54, 1.807) is 12.1 Å². The van der Waals surface area contributed by atoms with Crippen LogP contribution < -0.4 is 10.6 Å². The van der Waals surface area contributed by atoms with Crippen molar-refractivity contribution < 1.29 is 9.21 Å². The Kier molecular flexibility index (Phi) is 3.43. The number of halogens is 1. The number of furan rings is 1. The van der Waals surface area contributed by atoms with Crippen LogP contribution in [-0.4, -0.2) is 25.0 Å². The number of piperidine rings is 1. The van der Waals surface area contributed by atoms with E-state index in [0.29, 0.717) is 10.4 Å². The summed E-state index contributed by atoms with van der Waals surface area (Å²) in [5, 5.41) is 6.17. The zero-order valence-corrected chi connectivity index (χ0v) is 9.84. The summed E-state index contributed by atoms with van der Waals surface area (Å²) in [7, 11) is 0. The van der Waals surface area contributed by atoms with Gasteiger partial charge in [-0.25, -0.2) is 0 Å². The average Bonchev–Trinajstić information content (AvgIpc) is 2.66. The molecule has 1 atom stereocenters. The Hall–Kier alpha value is -0.810. The van der Waals surface area contributed by atoms with Gasteiger partial charge in [0, 0.05) is 12.6 Å². The first-order valence-electron chi connectivity index (χ1n) is 5.02. The third kappa shape index (κ3) is 2.82. The van der Waals surface area contributed by atoms with Crippen molar-refractivity contribution in [1.82, 2.24) is 10.6 Å². The quantitative estimate of drug-likeness (QED) is 0.859. The predicted molar refractivity (Wildman–Crippen MR) is 59.8 cm³/mol. The highest BCUT2D eigenvalue weighted by Gasteiger charge is 2.17. The molecule has 1 aromatic rings. The zero-order valence-electron chi connectivity index (χ0n) is 8.25. The highest BCUT2D eigenvalue weighted by atomic mass is 79.9. The lowest BCUT2D eigenvalue weighted by Gasteiger charge is -2.23. The van der Waals surface area contributed by atoms with E-state index in [0.717, 1.165) is 25.9 Å². The molecule has 0 saturated carbocycles. The molecule has 82 valence electrons. The summed E-state index contributed by atoms with van der Waals surface area (Å²) < 4.78 is 5.75. The van der Waals surface area contributed by atoms with Crippen LogP contribution in [0.15, 0.2) is 21.2 Å². The molecular formula is C10H13BrN2O2. The second-order valence-corrected chi connectivity index (χ2v) is 4.40. The van der Waals surface area contributed by atoms with Crippen molar-refractivity contribution in [3.05, 3.63) is 22.6 Å². The molecule has 5 heteroatoms. The summed E-state index contributed by atoms with van der Waals surface area (Å²) >= 11 is 3.17. The normalized spacial score (nSPS) is 21.3. The highest BCUT2D eigenvalue weighted by Crippen LogP contribution is 2.14. The molecule has 1 aromatic heterocycles. The summed E-state index contributed by atoms with van der Waals surface area (Å²) in [6, 6.07) is 3.60. The number of hydrogen-bond donors (Lipinski definition) is 2. The first-order chi connectivity index (χ1) is 7.25. The fourth-order valence-electron chi connectivity index (χ4n) is 1.67. The maximum absolute atomic E-state index is 11.7. The molecule has 0 aliphatic carbocycles. The molecule has 0 radical (unpaired) electrons. The lowest BCUT2D eigenvalue weighted by atomic mass is 10.1. The monoisotopic (exact) mass is 272 g/mol. The van der Waals surface area contributed by atoms with Crippen LogP contribution in [0, 0.1) is 0 Å². The van der Waals surface area contributed by atoms with Gasteiger partial charge in [0.2, 0.25) is 0 Å². The van der Waals surface area contributed by atoms with Gasteiger partial charge in [-0.15, -0.1) is 0 Å². The van der Waals surface area contributed by atoms with Gasteiger partial charge in [-0.3, -0.25) is 4.79 Å². The lowest BCUT2D eigenvalue weighted by molar-refractivity contribution is 0.0901. The van der Waals surface area contributed by atoms with E-state index in [2.05, 4.69) is 26.6 Å². The Labute approximate surface area is 96.5 Å². The maximum atomic E-state index is 11.7. The maximum Gasteiger partial charge on any atom is 0.287 e. The van der Waals surface area contributed by atoms with Gasteiger partial charge < -0.3 is 15.1 Å². The summed E-state index contributed by atoms with van der Waals surface area (Å²) in [4.78, 5) is 11.7. The van der Waals surface area contributed by atoms with Crippen molar-refractivity contribution in [3.8, 4) is 0 Å². The smallest absolute Gasteiger partial charge is 0.287 e. The molecule has 2 rings (SSSR count). The van der Waals surface area contributed by atoms with Gasteiger partial charge in [0.1, 0.15) is 0 Å². The predicted octanol–water partition coefficient (Wildman–Crippen LogP) is 1.52. The fraction of sp³-hybridized carbons (Fsp3) is 0.500. The van der Waals surface area contributed by atoms with Gasteiger partial charge in [0.15, 0.2) is 10.4 Å². The van der Waals surface area contributed by atoms with E-state index < -0.39 is 0 Å². The molecule has 0 spiro atoms. The minimum absolute atomic E-state index is 0.144. The van der Waals surface area contributed by atoms with Gasteiger partial charge in [0.05, 0.1) is 0 Å². The third-order valence-electron chi connectivity index (χ3n) is 2.43. The van der Waals surface area contributed by atoms with E-state index in [4.69, 9.17) is 4.42 Å². The molecule has 0 aromatic carbocycles. The van der Waals surface area contributed by atoms with Crippen LogP contribution in [0.25, 0.3) is 0 Å². The number of carbonyl (C=O) groups is 1. The Bertz CT molecular complexity index is 345. The third-order valence-corrected chi connectivity index (χ3v) is 2.86. The van der Waals surface area contributed by atoms with Crippen molar-refractivity contribution >= 4 is 21.8 Å². The minimum Gasteiger partial charge on any atom is -0.444 e. The zero-order chi connectivity index (χ0) is 10.7. The molecule has 1 aliphatic rings. The molecule has 1 fully saturated rings. The van der Waals surface area contributed by atoms with Crippen molar-refractivity contribution in [3.63, 3.8) is 0 Å². The Morgan fingerprint density at radius 2 is 2.47 bits per heavy atom. The largest absolute Gasteiger partial charge is 0.444 e. The van der Waals surface area contributed by atoms with E-state index in [9.17, 15) is 4.79 Å². The van der Waals surface area contributed by atoms with Crippen LogP contribution in [0.3, 0.4) is 0 Å². The standard InChI is InChI=1S/C10H13BrN2O2/c11-9-4-3-8(15-9)10(14)13-7-2-1-5-12-6-7/h3-4,7,12H,1-2,5-6H2,(H,13,14)/t7-/m0/s1. The Morgan fingerprint density at radius 3 is 3.07 bits per heavy atom. The van der Waals surface area contributed by atoms with E-state index >= 15 is 0 Å². The SMILES string of the molecule is O=C(N[C@H]1CCCNC1)c1ccc(Br)o1. The molecule has 1 aliphatic heterocycles. The first-order valence-corrected chi connectivity index (χ1v) is 5.82. The number of carbonyl (C=O) groups excluding carboxylic acids is 1.